The Labute approximate surface area is 221 Å². The maximum atomic E-state index is 13.5. The zero-order valence-electron chi connectivity index (χ0n) is 22.6. The smallest absolute Gasteiger partial charge is 0.316 e. The Bertz CT molecular complexity index is 867. The van der Waals surface area contributed by atoms with Gasteiger partial charge >= 0.3 is 5.97 Å². The molecule has 4 saturated carbocycles. The highest BCUT2D eigenvalue weighted by Crippen LogP contribution is 2.68. The first-order valence-corrected chi connectivity index (χ1v) is 15.0. The molecule has 0 aromatic rings. The summed E-state index contributed by atoms with van der Waals surface area (Å²) in [6, 6.07) is 0.106. The normalized spacial score (nSPS) is 49.4. The van der Waals surface area contributed by atoms with Crippen LogP contribution in [0, 0.1) is 34.0 Å². The second-order valence-corrected chi connectivity index (χ2v) is 14.1. The van der Waals surface area contributed by atoms with Crippen LogP contribution >= 0.6 is 11.8 Å². The summed E-state index contributed by atoms with van der Waals surface area (Å²) in [6.07, 6.45) is 6.95. The highest BCUT2D eigenvalue weighted by molar-refractivity contribution is 8.00. The molecule has 7 heteroatoms. The maximum Gasteiger partial charge on any atom is 0.316 e. The number of nitrogens with two attached hydrogens (primary N) is 1. The van der Waals surface area contributed by atoms with Crippen LogP contribution in [0.15, 0.2) is 12.7 Å². The van der Waals surface area contributed by atoms with Crippen molar-refractivity contribution in [2.75, 3.05) is 5.75 Å². The molecule has 0 radical (unpaired) electrons. The Morgan fingerprint density at radius 1 is 1.17 bits per heavy atom. The van der Waals surface area contributed by atoms with Gasteiger partial charge in [0.1, 0.15) is 11.9 Å². The zero-order valence-corrected chi connectivity index (χ0v) is 23.4. The third kappa shape index (κ3) is 4.60. The van der Waals surface area contributed by atoms with Crippen molar-refractivity contribution in [1.82, 2.24) is 0 Å². The summed E-state index contributed by atoms with van der Waals surface area (Å²) in [7, 11) is 0. The number of carbonyl (C=O) groups excluding carboxylic acids is 2. The standard InChI is InChI=1S/C29H47NO5S/c1-6-27(4)15-23(35-24(33)16-36-22-10-8-19(30)7-9-20(22)31)28(5)17(2)11-13-29(18(3)26(27)34)14-12-21(32)25(28)29/h6,17-20,22-23,25-26,31,34H,1,7-16,30H2,2-5H3/t17?,18-,19+,20-,22-,23+,25-,26?,27+,28-,29?/m0/s1. The Morgan fingerprint density at radius 3 is 2.56 bits per heavy atom. The molecule has 0 aromatic heterocycles. The van der Waals surface area contributed by atoms with Crippen molar-refractivity contribution >= 4 is 23.5 Å². The van der Waals surface area contributed by atoms with Crippen LogP contribution in [0.4, 0.5) is 0 Å². The summed E-state index contributed by atoms with van der Waals surface area (Å²) in [5.74, 6) is 0.0621. The van der Waals surface area contributed by atoms with Gasteiger partial charge in [-0.1, -0.05) is 33.8 Å². The van der Waals surface area contributed by atoms with Crippen LogP contribution in [0.3, 0.4) is 0 Å². The van der Waals surface area contributed by atoms with Crippen LogP contribution in [0.2, 0.25) is 0 Å². The first-order valence-electron chi connectivity index (χ1n) is 14.0. The van der Waals surface area contributed by atoms with Crippen LogP contribution in [-0.2, 0) is 14.3 Å². The van der Waals surface area contributed by atoms with Gasteiger partial charge in [-0.05, 0) is 68.6 Å². The second kappa shape index (κ2) is 10.3. The molecule has 11 atom stereocenters. The summed E-state index contributed by atoms with van der Waals surface area (Å²) in [5, 5.41) is 22.1. The highest BCUT2D eigenvalue weighted by Gasteiger charge is 2.68. The molecule has 4 N–H and O–H groups in total. The monoisotopic (exact) mass is 521 g/mol. The number of esters is 1. The molecule has 4 fully saturated rings. The molecule has 4 aliphatic carbocycles. The number of Topliss-reactive ketones (excluding diaryl/α,β-unsaturated/α-hetero) is 1. The van der Waals surface area contributed by atoms with E-state index in [1.807, 2.05) is 13.0 Å². The minimum absolute atomic E-state index is 0.0298. The van der Waals surface area contributed by atoms with E-state index < -0.39 is 29.1 Å². The largest absolute Gasteiger partial charge is 0.461 e. The lowest BCUT2D eigenvalue weighted by Gasteiger charge is -2.61. The third-order valence-electron chi connectivity index (χ3n) is 11.1. The minimum atomic E-state index is -0.665. The lowest BCUT2D eigenvalue weighted by atomic mass is 9.44. The van der Waals surface area contributed by atoms with E-state index in [0.29, 0.717) is 19.3 Å². The van der Waals surface area contributed by atoms with Gasteiger partial charge in [-0.2, -0.15) is 0 Å². The minimum Gasteiger partial charge on any atom is -0.461 e. The van der Waals surface area contributed by atoms with Crippen LogP contribution < -0.4 is 5.73 Å². The quantitative estimate of drug-likeness (QED) is 0.282. The molecule has 3 unspecified atom stereocenters. The fraction of sp³-hybridized carbons (Fsp3) is 0.862. The molecule has 0 amide bonds. The van der Waals surface area contributed by atoms with E-state index in [-0.39, 0.29) is 52.0 Å². The van der Waals surface area contributed by atoms with Crippen LogP contribution in [0.1, 0.15) is 85.5 Å². The predicted octanol–water partition coefficient (Wildman–Crippen LogP) is 4.26. The van der Waals surface area contributed by atoms with Crippen molar-refractivity contribution in [3.05, 3.63) is 12.7 Å². The molecule has 0 aliphatic heterocycles. The van der Waals surface area contributed by atoms with Crippen LogP contribution in [-0.4, -0.2) is 57.3 Å². The van der Waals surface area contributed by atoms with E-state index in [4.69, 9.17) is 10.5 Å². The van der Waals surface area contributed by atoms with Crippen LogP contribution in [0.5, 0.6) is 0 Å². The first kappa shape index (κ1) is 28.1. The molecule has 0 spiro atoms. The maximum absolute atomic E-state index is 13.5. The van der Waals surface area contributed by atoms with Gasteiger partial charge in [-0.15, -0.1) is 18.3 Å². The molecule has 6 nitrogen and oxygen atoms in total. The van der Waals surface area contributed by atoms with Crippen molar-refractivity contribution in [2.24, 2.45) is 39.7 Å². The van der Waals surface area contributed by atoms with Gasteiger partial charge in [0, 0.05) is 34.5 Å². The van der Waals surface area contributed by atoms with E-state index in [1.165, 1.54) is 11.8 Å². The number of rotatable bonds is 5. The lowest BCUT2D eigenvalue weighted by Crippen LogP contribution is -2.63. The number of hydrogen-bond acceptors (Lipinski definition) is 7. The predicted molar refractivity (Wildman–Crippen MR) is 143 cm³/mol. The topological polar surface area (TPSA) is 110 Å². The fourth-order valence-electron chi connectivity index (χ4n) is 8.35. The molecule has 4 aliphatic rings. The highest BCUT2D eigenvalue weighted by atomic mass is 32.2. The summed E-state index contributed by atoms with van der Waals surface area (Å²) in [5.41, 5.74) is 4.68. The molecule has 0 saturated heterocycles. The van der Waals surface area contributed by atoms with Crippen molar-refractivity contribution in [2.45, 2.75) is 115 Å². The van der Waals surface area contributed by atoms with Gasteiger partial charge in [0.25, 0.3) is 0 Å². The number of thioether (sulfide) groups is 1. The molecule has 2 bridgehead atoms. The van der Waals surface area contributed by atoms with Gasteiger partial charge in [-0.3, -0.25) is 9.59 Å². The van der Waals surface area contributed by atoms with Gasteiger partial charge in [0.15, 0.2) is 0 Å². The molecule has 36 heavy (non-hydrogen) atoms. The van der Waals surface area contributed by atoms with Gasteiger partial charge in [-0.25, -0.2) is 0 Å². The lowest BCUT2D eigenvalue weighted by molar-refractivity contribution is -0.205. The Morgan fingerprint density at radius 2 is 1.86 bits per heavy atom. The van der Waals surface area contributed by atoms with E-state index in [0.717, 1.165) is 38.5 Å². The molecule has 204 valence electrons. The Kier molecular flexibility index (Phi) is 8.09. The number of aliphatic hydroxyl groups excluding tert-OH is 2. The van der Waals surface area contributed by atoms with Crippen molar-refractivity contribution in [3.63, 3.8) is 0 Å². The molecule has 0 heterocycles. The number of aliphatic hydroxyl groups is 2. The number of hydrogen-bond donors (Lipinski definition) is 3. The first-order chi connectivity index (χ1) is 16.9. The summed E-state index contributed by atoms with van der Waals surface area (Å²) < 4.78 is 6.32. The van der Waals surface area contributed by atoms with Crippen molar-refractivity contribution in [1.29, 1.82) is 0 Å². The van der Waals surface area contributed by atoms with Crippen molar-refractivity contribution in [3.8, 4) is 0 Å². The van der Waals surface area contributed by atoms with E-state index in [1.54, 1.807) is 0 Å². The van der Waals surface area contributed by atoms with Gasteiger partial charge in [0.05, 0.1) is 18.0 Å². The SMILES string of the molecule is C=C[C@]1(C)C[C@@H](OC(=O)CS[C@H]2CC[C@H](N)CC[C@@H]2O)[C@]2(C)C(C)CCC3(CCC(=O)[C@H]32)[C@@H](C)C1O. The molecule has 0 aromatic carbocycles. The number of carbonyl (C=O) groups is 2. The fourth-order valence-corrected chi connectivity index (χ4v) is 9.43. The average Bonchev–Trinajstić information content (AvgIpc) is 3.12. The third-order valence-corrected chi connectivity index (χ3v) is 12.5. The Hall–Kier alpha value is -0.890. The second-order valence-electron chi connectivity index (χ2n) is 12.9. The molecule has 4 rings (SSSR count). The van der Waals surface area contributed by atoms with E-state index in [2.05, 4.69) is 27.4 Å². The van der Waals surface area contributed by atoms with Gasteiger partial charge in [0.2, 0.25) is 0 Å². The summed E-state index contributed by atoms with van der Waals surface area (Å²) >= 11 is 1.46. The van der Waals surface area contributed by atoms with Crippen molar-refractivity contribution < 1.29 is 24.5 Å². The van der Waals surface area contributed by atoms with Crippen LogP contribution in [0.25, 0.3) is 0 Å². The van der Waals surface area contributed by atoms with Gasteiger partial charge < -0.3 is 20.7 Å². The van der Waals surface area contributed by atoms with E-state index >= 15 is 0 Å². The summed E-state index contributed by atoms with van der Waals surface area (Å²) in [6.45, 7) is 12.6. The van der Waals surface area contributed by atoms with E-state index in [9.17, 15) is 19.8 Å². The average molecular weight is 522 g/mol. The zero-order chi connectivity index (χ0) is 26.5. The number of ketones is 1. The molecular weight excluding hydrogens is 474 g/mol. The number of ether oxygens (including phenoxy) is 1. The molecular formula is C29H47NO5S. The Balaban J connectivity index is 1.61. The summed E-state index contributed by atoms with van der Waals surface area (Å²) in [4.78, 5) is 26.8.